The van der Waals surface area contributed by atoms with Crippen LogP contribution < -0.4 is 0 Å². The van der Waals surface area contributed by atoms with Gasteiger partial charge in [-0.3, -0.25) is 4.79 Å². The van der Waals surface area contributed by atoms with Crippen LogP contribution in [0.25, 0.3) is 0 Å². The number of carbonyl (C=O) groups is 1. The SMILES string of the molecule is CCn1c(SCc2ccc(Cl)c(Cl)c2)nnc1C1CCCN1C(=O)c1cccc(C)c1. The molecule has 162 valence electrons. The molecule has 1 aliphatic heterocycles. The highest BCUT2D eigenvalue weighted by atomic mass is 35.5. The Morgan fingerprint density at radius 1 is 1.16 bits per heavy atom. The van der Waals surface area contributed by atoms with E-state index in [0.29, 0.717) is 15.8 Å². The predicted octanol–water partition coefficient (Wildman–Crippen LogP) is 6.18. The highest BCUT2D eigenvalue weighted by Gasteiger charge is 2.34. The van der Waals surface area contributed by atoms with Crippen LogP contribution in [-0.4, -0.2) is 32.1 Å². The monoisotopic (exact) mass is 474 g/mol. The van der Waals surface area contributed by atoms with E-state index in [0.717, 1.165) is 53.6 Å². The van der Waals surface area contributed by atoms with Gasteiger partial charge in [0.05, 0.1) is 16.1 Å². The minimum atomic E-state index is -0.0558. The van der Waals surface area contributed by atoms with E-state index in [1.807, 2.05) is 54.3 Å². The molecule has 31 heavy (non-hydrogen) atoms. The molecule has 2 aromatic carbocycles. The van der Waals surface area contributed by atoms with Crippen LogP contribution in [0.3, 0.4) is 0 Å². The summed E-state index contributed by atoms with van der Waals surface area (Å²) in [6.07, 6.45) is 1.86. The van der Waals surface area contributed by atoms with Crippen LogP contribution in [0, 0.1) is 6.92 Å². The van der Waals surface area contributed by atoms with Gasteiger partial charge in [0, 0.05) is 24.4 Å². The molecule has 1 aliphatic rings. The highest BCUT2D eigenvalue weighted by molar-refractivity contribution is 7.98. The van der Waals surface area contributed by atoms with E-state index in [9.17, 15) is 4.79 Å². The number of likely N-dealkylation sites (tertiary alicyclic amines) is 1. The van der Waals surface area contributed by atoms with E-state index in [4.69, 9.17) is 23.2 Å². The van der Waals surface area contributed by atoms with Gasteiger partial charge in [-0.1, -0.05) is 58.7 Å². The van der Waals surface area contributed by atoms with Crippen LogP contribution in [-0.2, 0) is 12.3 Å². The minimum Gasteiger partial charge on any atom is -0.328 e. The number of hydrogen-bond donors (Lipinski definition) is 0. The Labute approximate surface area is 196 Å². The number of thioether (sulfide) groups is 1. The molecular formula is C23H24Cl2N4OS. The van der Waals surface area contributed by atoms with Crippen molar-refractivity contribution >= 4 is 40.9 Å². The lowest BCUT2D eigenvalue weighted by molar-refractivity contribution is 0.0727. The van der Waals surface area contributed by atoms with Gasteiger partial charge in [-0.2, -0.15) is 0 Å². The summed E-state index contributed by atoms with van der Waals surface area (Å²) in [6.45, 7) is 5.57. The summed E-state index contributed by atoms with van der Waals surface area (Å²) < 4.78 is 2.12. The molecule has 5 nitrogen and oxygen atoms in total. The Morgan fingerprint density at radius 3 is 2.74 bits per heavy atom. The second kappa shape index (κ2) is 9.63. The van der Waals surface area contributed by atoms with Crippen molar-refractivity contribution in [2.75, 3.05) is 6.54 Å². The summed E-state index contributed by atoms with van der Waals surface area (Å²) in [5.41, 5.74) is 2.88. The Hall–Kier alpha value is -2.02. The number of nitrogens with zero attached hydrogens (tertiary/aromatic N) is 4. The first kappa shape index (κ1) is 22.2. The zero-order valence-corrected chi connectivity index (χ0v) is 19.8. The van der Waals surface area contributed by atoms with Gasteiger partial charge in [0.15, 0.2) is 11.0 Å². The standard InChI is InChI=1S/C23H24Cl2N4OS/c1-3-28-21(26-27-23(28)31-14-16-9-10-18(24)19(25)13-16)20-8-5-11-29(20)22(30)17-7-4-6-15(2)12-17/h4,6-7,9-10,12-13,20H,3,5,8,11,14H2,1-2H3. The average molecular weight is 475 g/mol. The van der Waals surface area contributed by atoms with Gasteiger partial charge in [-0.05, 0) is 56.5 Å². The van der Waals surface area contributed by atoms with E-state index in [2.05, 4.69) is 21.7 Å². The number of rotatable bonds is 6. The largest absolute Gasteiger partial charge is 0.328 e. The summed E-state index contributed by atoms with van der Waals surface area (Å²) in [4.78, 5) is 15.1. The number of halogens is 2. The summed E-state index contributed by atoms with van der Waals surface area (Å²) in [5.74, 6) is 1.63. The predicted molar refractivity (Wildman–Crippen MR) is 126 cm³/mol. The third kappa shape index (κ3) is 4.76. The molecule has 1 aromatic heterocycles. The molecule has 1 saturated heterocycles. The maximum absolute atomic E-state index is 13.2. The second-order valence-electron chi connectivity index (χ2n) is 7.65. The number of benzene rings is 2. The molecule has 0 radical (unpaired) electrons. The molecule has 8 heteroatoms. The van der Waals surface area contributed by atoms with Crippen LogP contribution in [0.1, 0.15) is 53.1 Å². The summed E-state index contributed by atoms with van der Waals surface area (Å²) in [6, 6.07) is 13.4. The van der Waals surface area contributed by atoms with Gasteiger partial charge < -0.3 is 9.47 Å². The van der Waals surface area contributed by atoms with E-state index in [-0.39, 0.29) is 11.9 Å². The maximum atomic E-state index is 13.2. The van der Waals surface area contributed by atoms with Crippen molar-refractivity contribution in [3.63, 3.8) is 0 Å². The van der Waals surface area contributed by atoms with E-state index in [1.165, 1.54) is 0 Å². The van der Waals surface area contributed by atoms with Crippen LogP contribution in [0.15, 0.2) is 47.6 Å². The molecule has 1 atom stereocenters. The zero-order valence-electron chi connectivity index (χ0n) is 17.5. The Morgan fingerprint density at radius 2 is 2.00 bits per heavy atom. The molecule has 0 aliphatic carbocycles. The number of aromatic nitrogens is 3. The summed E-state index contributed by atoms with van der Waals surface area (Å²) >= 11 is 13.8. The van der Waals surface area contributed by atoms with Gasteiger partial charge in [0.25, 0.3) is 5.91 Å². The van der Waals surface area contributed by atoms with Gasteiger partial charge in [-0.25, -0.2) is 0 Å². The van der Waals surface area contributed by atoms with Crippen LogP contribution in [0.4, 0.5) is 0 Å². The average Bonchev–Trinajstić information content (AvgIpc) is 3.40. The fourth-order valence-electron chi connectivity index (χ4n) is 3.95. The van der Waals surface area contributed by atoms with Gasteiger partial charge in [0.2, 0.25) is 0 Å². The van der Waals surface area contributed by atoms with Crippen molar-refractivity contribution in [2.24, 2.45) is 0 Å². The molecule has 2 heterocycles. The lowest BCUT2D eigenvalue weighted by Crippen LogP contribution is -2.32. The lowest BCUT2D eigenvalue weighted by atomic mass is 10.1. The first-order chi connectivity index (χ1) is 15.0. The van der Waals surface area contributed by atoms with Gasteiger partial charge in [-0.15, -0.1) is 10.2 Å². The Bertz CT molecular complexity index is 1100. The number of carbonyl (C=O) groups excluding carboxylic acids is 1. The summed E-state index contributed by atoms with van der Waals surface area (Å²) in [7, 11) is 0. The fraction of sp³-hybridized carbons (Fsp3) is 0.348. The molecule has 0 bridgehead atoms. The third-order valence-corrected chi connectivity index (χ3v) is 7.27. The molecule has 1 amide bonds. The quantitative estimate of drug-likeness (QED) is 0.400. The molecule has 0 saturated carbocycles. The zero-order chi connectivity index (χ0) is 22.0. The van der Waals surface area contributed by atoms with Gasteiger partial charge in [0.1, 0.15) is 0 Å². The second-order valence-corrected chi connectivity index (χ2v) is 9.41. The third-order valence-electron chi connectivity index (χ3n) is 5.49. The molecule has 0 spiro atoms. The number of aryl methyl sites for hydroxylation is 1. The van der Waals surface area contributed by atoms with Crippen molar-refractivity contribution < 1.29 is 4.79 Å². The van der Waals surface area contributed by atoms with E-state index in [1.54, 1.807) is 11.8 Å². The fourth-order valence-corrected chi connectivity index (χ4v) is 5.22. The van der Waals surface area contributed by atoms with E-state index >= 15 is 0 Å². The normalized spacial score (nSPS) is 16.1. The molecule has 1 unspecified atom stereocenters. The van der Waals surface area contributed by atoms with Crippen molar-refractivity contribution in [1.29, 1.82) is 0 Å². The van der Waals surface area contributed by atoms with Crippen molar-refractivity contribution in [3.05, 3.63) is 75.0 Å². The minimum absolute atomic E-state index is 0.0558. The maximum Gasteiger partial charge on any atom is 0.254 e. The topological polar surface area (TPSA) is 51.0 Å². The number of amides is 1. The summed E-state index contributed by atoms with van der Waals surface area (Å²) in [5, 5.41) is 10.9. The van der Waals surface area contributed by atoms with Crippen LogP contribution in [0.2, 0.25) is 10.0 Å². The molecule has 4 rings (SSSR count). The molecule has 3 aromatic rings. The molecule has 0 N–H and O–H groups in total. The number of hydrogen-bond acceptors (Lipinski definition) is 4. The van der Waals surface area contributed by atoms with Crippen molar-refractivity contribution in [3.8, 4) is 0 Å². The van der Waals surface area contributed by atoms with Crippen molar-refractivity contribution in [1.82, 2.24) is 19.7 Å². The molecule has 1 fully saturated rings. The van der Waals surface area contributed by atoms with Gasteiger partial charge >= 0.3 is 0 Å². The Kier molecular flexibility index (Phi) is 6.89. The highest BCUT2D eigenvalue weighted by Crippen LogP contribution is 2.35. The Balaban J connectivity index is 1.54. The first-order valence-corrected chi connectivity index (χ1v) is 12.1. The van der Waals surface area contributed by atoms with Crippen LogP contribution >= 0.6 is 35.0 Å². The lowest BCUT2D eigenvalue weighted by Gasteiger charge is -2.24. The molecular weight excluding hydrogens is 451 g/mol. The van der Waals surface area contributed by atoms with E-state index < -0.39 is 0 Å². The van der Waals surface area contributed by atoms with Crippen molar-refractivity contribution in [2.45, 2.75) is 50.2 Å². The smallest absolute Gasteiger partial charge is 0.254 e. The van der Waals surface area contributed by atoms with Crippen LogP contribution in [0.5, 0.6) is 0 Å². The first-order valence-electron chi connectivity index (χ1n) is 10.4.